The molecule has 0 saturated carbocycles. The Labute approximate surface area is 62.4 Å². The van der Waals surface area contributed by atoms with Crippen LogP contribution in [0.5, 0.6) is 0 Å². The summed E-state index contributed by atoms with van der Waals surface area (Å²) in [6, 6.07) is 10.1. The first-order valence-corrected chi connectivity index (χ1v) is 2.78. The largest absolute Gasteiger partial charge is 0.106 e. The molecule has 0 N–H and O–H groups in total. The van der Waals surface area contributed by atoms with Gasteiger partial charge in [0.2, 0.25) is 0 Å². The molecule has 0 aliphatic heterocycles. The van der Waals surface area contributed by atoms with Crippen molar-refractivity contribution in [2.45, 2.75) is 0 Å². The van der Waals surface area contributed by atoms with Crippen LogP contribution in [0.2, 0.25) is 0 Å². The van der Waals surface area contributed by atoms with Gasteiger partial charge in [0.1, 0.15) is 0 Å². The average Bonchev–Trinajstić information content (AvgIpc) is 1.69. The number of hydrogen-bond acceptors (Lipinski definition) is 0. The van der Waals surface area contributed by atoms with Crippen LogP contribution >= 0.6 is 9.24 Å². The van der Waals surface area contributed by atoms with Crippen LogP contribution in [0.1, 0.15) is 0 Å². The van der Waals surface area contributed by atoms with Crippen molar-refractivity contribution in [2.75, 3.05) is 0 Å². The summed E-state index contributed by atoms with van der Waals surface area (Å²) < 4.78 is 0. The van der Waals surface area contributed by atoms with E-state index in [4.69, 9.17) is 0 Å². The Morgan fingerprint density at radius 3 is 1.75 bits per heavy atom. The molecule has 0 aliphatic carbocycles. The van der Waals surface area contributed by atoms with Crippen LogP contribution < -0.4 is 5.30 Å². The smallest absolute Gasteiger partial charge is 0 e. The standard InChI is InChI=1S/C6H7P.Fe/c7-6-4-2-1-3-5-6;/h1-5H,7H2;. The van der Waals surface area contributed by atoms with Gasteiger partial charge in [0.15, 0.2) is 0 Å². The summed E-state index contributed by atoms with van der Waals surface area (Å²) in [5.74, 6) is 0. The van der Waals surface area contributed by atoms with Crippen molar-refractivity contribution in [2.24, 2.45) is 0 Å². The Hall–Kier alpha value is 0.169. The molecule has 1 unspecified atom stereocenters. The zero-order valence-corrected chi connectivity index (χ0v) is 6.58. The van der Waals surface area contributed by atoms with E-state index in [1.54, 1.807) is 0 Å². The predicted molar refractivity (Wildman–Crippen MR) is 35.8 cm³/mol. The first kappa shape index (κ1) is 8.17. The summed E-state index contributed by atoms with van der Waals surface area (Å²) >= 11 is 0. The van der Waals surface area contributed by atoms with Gasteiger partial charge in [-0.05, 0) is 5.30 Å². The number of benzene rings is 1. The van der Waals surface area contributed by atoms with Crippen molar-refractivity contribution in [1.29, 1.82) is 0 Å². The maximum Gasteiger partial charge on any atom is 0 e. The van der Waals surface area contributed by atoms with E-state index in [-0.39, 0.29) is 17.1 Å². The molecule has 1 aromatic rings. The summed E-state index contributed by atoms with van der Waals surface area (Å²) in [6.07, 6.45) is 0. The van der Waals surface area contributed by atoms with Crippen molar-refractivity contribution in [3.05, 3.63) is 30.3 Å². The maximum absolute atomic E-state index is 2.63. The Balaban J connectivity index is 0.000000490. The minimum absolute atomic E-state index is 0. The fourth-order valence-electron chi connectivity index (χ4n) is 0.453. The fraction of sp³-hybridized carbons (Fsp3) is 0. The zero-order valence-electron chi connectivity index (χ0n) is 4.32. The van der Waals surface area contributed by atoms with Gasteiger partial charge in [-0.3, -0.25) is 0 Å². The van der Waals surface area contributed by atoms with Crippen LogP contribution in [-0.4, -0.2) is 0 Å². The molecule has 0 radical (unpaired) electrons. The molecular weight excluding hydrogens is 159 g/mol. The Morgan fingerprint density at radius 2 is 1.50 bits per heavy atom. The molecule has 1 atom stereocenters. The molecule has 0 fully saturated rings. The monoisotopic (exact) mass is 166 g/mol. The first-order valence-electron chi connectivity index (χ1n) is 2.20. The molecule has 1 aromatic carbocycles. The fourth-order valence-corrected chi connectivity index (χ4v) is 0.675. The SMILES string of the molecule is Pc1ccccc1.[Fe]. The molecule has 1 rings (SSSR count). The van der Waals surface area contributed by atoms with Crippen LogP contribution in [-0.2, 0) is 17.1 Å². The van der Waals surface area contributed by atoms with E-state index in [1.807, 2.05) is 30.3 Å². The molecule has 0 amide bonds. The van der Waals surface area contributed by atoms with Gasteiger partial charge in [-0.15, -0.1) is 9.24 Å². The number of rotatable bonds is 0. The van der Waals surface area contributed by atoms with Gasteiger partial charge in [-0.1, -0.05) is 30.3 Å². The predicted octanol–water partition coefficient (Wildman–Crippen LogP) is 1.18. The topological polar surface area (TPSA) is 0 Å². The van der Waals surface area contributed by atoms with E-state index >= 15 is 0 Å². The second kappa shape index (κ2) is 4.09. The maximum atomic E-state index is 2.63. The molecule has 0 saturated heterocycles. The van der Waals surface area contributed by atoms with E-state index in [2.05, 4.69) is 9.24 Å². The first-order chi connectivity index (χ1) is 3.39. The molecule has 0 heterocycles. The van der Waals surface area contributed by atoms with Crippen LogP contribution in [0, 0.1) is 0 Å². The molecule has 0 nitrogen and oxygen atoms in total. The third kappa shape index (κ3) is 2.47. The van der Waals surface area contributed by atoms with Gasteiger partial charge >= 0.3 is 0 Å². The van der Waals surface area contributed by atoms with E-state index in [0.717, 1.165) is 0 Å². The summed E-state index contributed by atoms with van der Waals surface area (Å²) in [5, 5.41) is 1.24. The minimum Gasteiger partial charge on any atom is -0.106 e. The normalized spacial score (nSPS) is 7.62. The summed E-state index contributed by atoms with van der Waals surface area (Å²) in [6.45, 7) is 0. The quantitative estimate of drug-likeness (QED) is 0.401. The van der Waals surface area contributed by atoms with E-state index in [1.165, 1.54) is 5.30 Å². The Morgan fingerprint density at radius 1 is 1.00 bits per heavy atom. The third-order valence-electron chi connectivity index (χ3n) is 0.800. The third-order valence-corrected chi connectivity index (χ3v) is 1.18. The van der Waals surface area contributed by atoms with E-state index < -0.39 is 0 Å². The molecule has 0 aromatic heterocycles. The molecule has 0 spiro atoms. The van der Waals surface area contributed by atoms with E-state index in [0.29, 0.717) is 0 Å². The van der Waals surface area contributed by atoms with Gasteiger partial charge in [0.05, 0.1) is 0 Å². The van der Waals surface area contributed by atoms with Crippen LogP contribution in [0.4, 0.5) is 0 Å². The van der Waals surface area contributed by atoms with Gasteiger partial charge in [0.25, 0.3) is 0 Å². The molecule has 2 heteroatoms. The molecule has 44 valence electrons. The summed E-state index contributed by atoms with van der Waals surface area (Å²) in [7, 11) is 2.63. The van der Waals surface area contributed by atoms with Crippen molar-refractivity contribution < 1.29 is 17.1 Å². The van der Waals surface area contributed by atoms with Gasteiger partial charge < -0.3 is 0 Å². The van der Waals surface area contributed by atoms with Crippen molar-refractivity contribution >= 4 is 14.5 Å². The Kier molecular flexibility index (Phi) is 4.18. The summed E-state index contributed by atoms with van der Waals surface area (Å²) in [5.41, 5.74) is 0. The molecular formula is C6H7FeP. The summed E-state index contributed by atoms with van der Waals surface area (Å²) in [4.78, 5) is 0. The van der Waals surface area contributed by atoms with Crippen molar-refractivity contribution in [1.82, 2.24) is 0 Å². The Bertz CT molecular complexity index is 138. The second-order valence-electron chi connectivity index (χ2n) is 1.41. The van der Waals surface area contributed by atoms with Crippen LogP contribution in [0.15, 0.2) is 30.3 Å². The van der Waals surface area contributed by atoms with Crippen LogP contribution in [0.25, 0.3) is 0 Å². The van der Waals surface area contributed by atoms with Gasteiger partial charge in [0, 0.05) is 17.1 Å². The molecule has 0 aliphatic rings. The van der Waals surface area contributed by atoms with Crippen LogP contribution in [0.3, 0.4) is 0 Å². The van der Waals surface area contributed by atoms with Crippen molar-refractivity contribution in [3.8, 4) is 0 Å². The van der Waals surface area contributed by atoms with Crippen molar-refractivity contribution in [3.63, 3.8) is 0 Å². The average molecular weight is 166 g/mol. The van der Waals surface area contributed by atoms with Gasteiger partial charge in [-0.2, -0.15) is 0 Å². The zero-order chi connectivity index (χ0) is 5.11. The minimum atomic E-state index is 0. The number of hydrogen-bond donors (Lipinski definition) is 0. The second-order valence-corrected chi connectivity index (χ2v) is 2.08. The van der Waals surface area contributed by atoms with Gasteiger partial charge in [-0.25, -0.2) is 0 Å². The molecule has 0 bridgehead atoms. The van der Waals surface area contributed by atoms with E-state index in [9.17, 15) is 0 Å². The molecule has 8 heavy (non-hydrogen) atoms.